The minimum atomic E-state index is 0.264. The van der Waals surface area contributed by atoms with Gasteiger partial charge in [0.2, 0.25) is 0 Å². The Labute approximate surface area is 97.3 Å². The van der Waals surface area contributed by atoms with Crippen molar-refractivity contribution in [2.75, 3.05) is 13.1 Å². The van der Waals surface area contributed by atoms with E-state index in [4.69, 9.17) is 0 Å². The van der Waals surface area contributed by atoms with Crippen molar-refractivity contribution < 1.29 is 4.79 Å². The summed E-state index contributed by atoms with van der Waals surface area (Å²) in [5, 5.41) is 0. The molecule has 0 bridgehead atoms. The van der Waals surface area contributed by atoms with Crippen LogP contribution in [0.25, 0.3) is 0 Å². The molecule has 0 aromatic heterocycles. The van der Waals surface area contributed by atoms with Crippen molar-refractivity contribution >= 4 is 5.78 Å². The minimum absolute atomic E-state index is 0.264. The number of ketones is 1. The Morgan fingerprint density at radius 1 is 1.25 bits per heavy atom. The Morgan fingerprint density at radius 3 is 2.50 bits per heavy atom. The van der Waals surface area contributed by atoms with Crippen molar-refractivity contribution in [3.05, 3.63) is 35.9 Å². The van der Waals surface area contributed by atoms with E-state index in [-0.39, 0.29) is 5.78 Å². The quantitative estimate of drug-likeness (QED) is 0.723. The molecule has 86 valence electrons. The maximum Gasteiger partial charge on any atom is 0.164 e. The van der Waals surface area contributed by atoms with E-state index < -0.39 is 0 Å². The first kappa shape index (κ1) is 11.3. The Balaban J connectivity index is 1.92. The molecule has 0 aliphatic carbocycles. The fourth-order valence-corrected chi connectivity index (χ4v) is 2.32. The second-order valence-electron chi connectivity index (χ2n) is 4.59. The van der Waals surface area contributed by atoms with Crippen molar-refractivity contribution in [2.45, 2.75) is 32.2 Å². The van der Waals surface area contributed by atoms with Crippen LogP contribution in [0.5, 0.6) is 0 Å². The first-order valence-electron chi connectivity index (χ1n) is 6.09. The highest BCUT2D eigenvalue weighted by atomic mass is 16.1. The molecule has 2 rings (SSSR count). The van der Waals surface area contributed by atoms with Crippen molar-refractivity contribution in [1.29, 1.82) is 0 Å². The van der Waals surface area contributed by atoms with E-state index in [1.165, 1.54) is 12.8 Å². The number of Topliss-reactive ketones (excluding diaryl/α,β-unsaturated/α-hetero) is 1. The zero-order valence-electron chi connectivity index (χ0n) is 9.86. The molecule has 1 aliphatic heterocycles. The largest absolute Gasteiger partial charge is 0.300 e. The molecular weight excluding hydrogens is 198 g/mol. The maximum absolute atomic E-state index is 12.0. The third-order valence-corrected chi connectivity index (χ3v) is 3.34. The molecule has 2 heteroatoms. The van der Waals surface area contributed by atoms with Crippen LogP contribution in [0.3, 0.4) is 0 Å². The second kappa shape index (κ2) is 5.26. The number of hydrogen-bond acceptors (Lipinski definition) is 2. The van der Waals surface area contributed by atoms with Crippen LogP contribution in [0.4, 0.5) is 0 Å². The van der Waals surface area contributed by atoms with Gasteiger partial charge in [0.05, 0.1) is 0 Å². The lowest BCUT2D eigenvalue weighted by atomic mass is 10.0. The highest BCUT2D eigenvalue weighted by Crippen LogP contribution is 2.15. The Hall–Kier alpha value is -1.15. The summed E-state index contributed by atoms with van der Waals surface area (Å²) in [7, 11) is 0. The van der Waals surface area contributed by atoms with Gasteiger partial charge < -0.3 is 4.90 Å². The minimum Gasteiger partial charge on any atom is -0.300 e. The number of rotatable bonds is 4. The molecule has 1 aliphatic rings. The van der Waals surface area contributed by atoms with Crippen molar-refractivity contribution in [2.24, 2.45) is 0 Å². The molecule has 1 aromatic carbocycles. The number of nitrogens with zero attached hydrogens (tertiary/aromatic N) is 1. The van der Waals surface area contributed by atoms with Gasteiger partial charge in [-0.3, -0.25) is 4.79 Å². The molecule has 1 saturated heterocycles. The summed E-state index contributed by atoms with van der Waals surface area (Å²) in [5.41, 5.74) is 0.841. The van der Waals surface area contributed by atoms with Gasteiger partial charge in [0.1, 0.15) is 0 Å². The number of carbonyl (C=O) groups is 1. The van der Waals surface area contributed by atoms with Crippen LogP contribution in [0.15, 0.2) is 30.3 Å². The van der Waals surface area contributed by atoms with E-state index in [2.05, 4.69) is 11.8 Å². The van der Waals surface area contributed by atoms with Crippen molar-refractivity contribution in [3.8, 4) is 0 Å². The fourth-order valence-electron chi connectivity index (χ4n) is 2.32. The molecule has 1 atom stereocenters. The smallest absolute Gasteiger partial charge is 0.164 e. The summed E-state index contributed by atoms with van der Waals surface area (Å²) in [5.74, 6) is 0.264. The lowest BCUT2D eigenvalue weighted by Crippen LogP contribution is -2.32. The van der Waals surface area contributed by atoms with E-state index >= 15 is 0 Å². The molecule has 0 unspecified atom stereocenters. The standard InChI is InChI=1S/C14H19NO/c1-12(15-9-5-6-10-15)11-14(16)13-7-3-2-4-8-13/h2-4,7-8,12H,5-6,9-11H2,1H3/t12-/m1/s1. The maximum atomic E-state index is 12.0. The summed E-state index contributed by atoms with van der Waals surface area (Å²) in [6, 6.07) is 9.98. The molecule has 2 nitrogen and oxygen atoms in total. The average molecular weight is 217 g/mol. The Bertz CT molecular complexity index is 341. The third-order valence-electron chi connectivity index (χ3n) is 3.34. The van der Waals surface area contributed by atoms with Crippen LogP contribution >= 0.6 is 0 Å². The summed E-state index contributed by atoms with van der Waals surface area (Å²) in [4.78, 5) is 14.4. The highest BCUT2D eigenvalue weighted by Gasteiger charge is 2.20. The van der Waals surface area contributed by atoms with Gasteiger partial charge >= 0.3 is 0 Å². The zero-order chi connectivity index (χ0) is 11.4. The van der Waals surface area contributed by atoms with Gasteiger partial charge in [0, 0.05) is 18.0 Å². The number of carbonyl (C=O) groups excluding carboxylic acids is 1. The summed E-state index contributed by atoms with van der Waals surface area (Å²) in [6.45, 7) is 4.47. The van der Waals surface area contributed by atoms with Crippen LogP contribution in [0, 0.1) is 0 Å². The predicted molar refractivity (Wildman–Crippen MR) is 65.7 cm³/mol. The second-order valence-corrected chi connectivity index (χ2v) is 4.59. The van der Waals surface area contributed by atoms with Gasteiger partial charge in [0.25, 0.3) is 0 Å². The molecule has 0 radical (unpaired) electrons. The van der Waals surface area contributed by atoms with E-state index in [1.807, 2.05) is 30.3 Å². The summed E-state index contributed by atoms with van der Waals surface area (Å²) in [6.07, 6.45) is 3.21. The van der Waals surface area contributed by atoms with Crippen LogP contribution in [0.2, 0.25) is 0 Å². The molecule has 1 heterocycles. The molecule has 1 fully saturated rings. The molecule has 0 spiro atoms. The van der Waals surface area contributed by atoms with Crippen LogP contribution in [0.1, 0.15) is 36.5 Å². The molecular formula is C14H19NO. The van der Waals surface area contributed by atoms with E-state index in [0.717, 1.165) is 18.7 Å². The van der Waals surface area contributed by atoms with E-state index in [0.29, 0.717) is 12.5 Å². The van der Waals surface area contributed by atoms with Crippen LogP contribution in [-0.4, -0.2) is 29.8 Å². The van der Waals surface area contributed by atoms with Gasteiger partial charge in [-0.2, -0.15) is 0 Å². The third kappa shape index (κ3) is 2.70. The van der Waals surface area contributed by atoms with Gasteiger partial charge in [-0.15, -0.1) is 0 Å². The number of benzene rings is 1. The number of hydrogen-bond donors (Lipinski definition) is 0. The number of likely N-dealkylation sites (tertiary alicyclic amines) is 1. The molecule has 16 heavy (non-hydrogen) atoms. The summed E-state index contributed by atoms with van der Waals surface area (Å²) < 4.78 is 0. The SMILES string of the molecule is C[C@H](CC(=O)c1ccccc1)N1CCCC1. The lowest BCUT2D eigenvalue weighted by molar-refractivity contribution is 0.0941. The molecule has 0 saturated carbocycles. The van der Waals surface area contributed by atoms with Gasteiger partial charge in [-0.1, -0.05) is 30.3 Å². The average Bonchev–Trinajstić information content (AvgIpc) is 2.83. The monoisotopic (exact) mass is 217 g/mol. The Kier molecular flexibility index (Phi) is 3.73. The Morgan fingerprint density at radius 2 is 1.88 bits per heavy atom. The fraction of sp³-hybridized carbons (Fsp3) is 0.500. The zero-order valence-corrected chi connectivity index (χ0v) is 9.86. The first-order valence-corrected chi connectivity index (χ1v) is 6.09. The van der Waals surface area contributed by atoms with Gasteiger partial charge in [-0.05, 0) is 32.9 Å². The summed E-state index contributed by atoms with van der Waals surface area (Å²) >= 11 is 0. The first-order chi connectivity index (χ1) is 7.77. The highest BCUT2D eigenvalue weighted by molar-refractivity contribution is 5.96. The normalized spacial score (nSPS) is 18.6. The van der Waals surface area contributed by atoms with Gasteiger partial charge in [-0.25, -0.2) is 0 Å². The predicted octanol–water partition coefficient (Wildman–Crippen LogP) is 2.74. The van der Waals surface area contributed by atoms with Crippen LogP contribution in [-0.2, 0) is 0 Å². The van der Waals surface area contributed by atoms with Crippen molar-refractivity contribution in [1.82, 2.24) is 4.90 Å². The van der Waals surface area contributed by atoms with E-state index in [1.54, 1.807) is 0 Å². The topological polar surface area (TPSA) is 20.3 Å². The molecule has 0 amide bonds. The lowest BCUT2D eigenvalue weighted by Gasteiger charge is -2.22. The molecule has 1 aromatic rings. The van der Waals surface area contributed by atoms with E-state index in [9.17, 15) is 4.79 Å². The van der Waals surface area contributed by atoms with Crippen molar-refractivity contribution in [3.63, 3.8) is 0 Å². The van der Waals surface area contributed by atoms with Crippen LogP contribution < -0.4 is 0 Å². The molecule has 0 N–H and O–H groups in total. The van der Waals surface area contributed by atoms with Gasteiger partial charge in [0.15, 0.2) is 5.78 Å².